The van der Waals surface area contributed by atoms with Crippen molar-refractivity contribution in [3.63, 3.8) is 0 Å². The lowest BCUT2D eigenvalue weighted by Gasteiger charge is -2.09. The number of benzene rings is 1. The first kappa shape index (κ1) is 16.5. The number of carbonyl (C=O) groups is 2. The predicted octanol–water partition coefficient (Wildman–Crippen LogP) is 2.04. The maximum atomic E-state index is 12.2. The number of aryl methyl sites for hydroxylation is 1. The molecule has 0 spiro atoms. The number of methoxy groups -OCH3 is 2. The third-order valence-electron chi connectivity index (χ3n) is 3.27. The summed E-state index contributed by atoms with van der Waals surface area (Å²) in [4.78, 5) is 24.0. The number of carbonyl (C=O) groups excluding carboxylic acids is 2. The molecule has 0 unspecified atom stereocenters. The molecule has 1 aromatic heterocycles. The molecule has 1 N–H and O–H groups in total. The van der Waals surface area contributed by atoms with E-state index in [0.29, 0.717) is 22.9 Å². The van der Waals surface area contributed by atoms with Crippen molar-refractivity contribution in [1.82, 2.24) is 9.78 Å². The van der Waals surface area contributed by atoms with Crippen LogP contribution in [0.4, 0.5) is 5.82 Å². The average Bonchev–Trinajstić information content (AvgIpc) is 2.96. The minimum Gasteiger partial charge on any atom is -0.493 e. The van der Waals surface area contributed by atoms with E-state index in [4.69, 9.17) is 9.47 Å². The zero-order valence-corrected chi connectivity index (χ0v) is 13.3. The SMILES string of the molecule is COc1ccc(C(=O)CCC(=O)Nc2ccn(C)n2)cc1OC. The summed E-state index contributed by atoms with van der Waals surface area (Å²) < 4.78 is 11.9. The van der Waals surface area contributed by atoms with E-state index in [2.05, 4.69) is 10.4 Å². The van der Waals surface area contributed by atoms with Crippen LogP contribution in [0.3, 0.4) is 0 Å². The summed E-state index contributed by atoms with van der Waals surface area (Å²) in [5, 5.41) is 6.69. The highest BCUT2D eigenvalue weighted by Crippen LogP contribution is 2.28. The molecule has 7 nitrogen and oxygen atoms in total. The van der Waals surface area contributed by atoms with Gasteiger partial charge in [-0.15, -0.1) is 0 Å². The summed E-state index contributed by atoms with van der Waals surface area (Å²) in [6, 6.07) is 6.62. The minimum absolute atomic E-state index is 0.0871. The van der Waals surface area contributed by atoms with Crippen molar-refractivity contribution in [2.75, 3.05) is 19.5 Å². The number of aromatic nitrogens is 2. The monoisotopic (exact) mass is 317 g/mol. The van der Waals surface area contributed by atoms with Crippen molar-refractivity contribution >= 4 is 17.5 Å². The van der Waals surface area contributed by atoms with Gasteiger partial charge in [-0.2, -0.15) is 5.10 Å². The highest BCUT2D eigenvalue weighted by Gasteiger charge is 2.13. The van der Waals surface area contributed by atoms with Gasteiger partial charge in [0.25, 0.3) is 0 Å². The number of nitrogens with zero attached hydrogens (tertiary/aromatic N) is 2. The molecule has 1 aromatic carbocycles. The van der Waals surface area contributed by atoms with Gasteiger partial charge in [-0.05, 0) is 18.2 Å². The number of ketones is 1. The first-order chi connectivity index (χ1) is 11.0. The van der Waals surface area contributed by atoms with Crippen molar-refractivity contribution < 1.29 is 19.1 Å². The minimum atomic E-state index is -0.252. The van der Waals surface area contributed by atoms with Crippen LogP contribution in [0.1, 0.15) is 23.2 Å². The fourth-order valence-electron chi connectivity index (χ4n) is 2.07. The largest absolute Gasteiger partial charge is 0.493 e. The van der Waals surface area contributed by atoms with Crippen molar-refractivity contribution in [3.8, 4) is 11.5 Å². The van der Waals surface area contributed by atoms with E-state index < -0.39 is 0 Å². The molecule has 0 aliphatic carbocycles. The fourth-order valence-corrected chi connectivity index (χ4v) is 2.07. The molecule has 7 heteroatoms. The number of hydrogen-bond donors (Lipinski definition) is 1. The lowest BCUT2D eigenvalue weighted by Crippen LogP contribution is -2.14. The Bertz CT molecular complexity index is 709. The molecule has 0 fully saturated rings. The summed E-state index contributed by atoms with van der Waals surface area (Å²) in [7, 11) is 4.80. The normalized spacial score (nSPS) is 10.2. The summed E-state index contributed by atoms with van der Waals surface area (Å²) in [5.74, 6) is 1.11. The Kier molecular flexibility index (Phi) is 5.35. The van der Waals surface area contributed by atoms with E-state index in [0.717, 1.165) is 0 Å². The molecule has 2 rings (SSSR count). The smallest absolute Gasteiger partial charge is 0.226 e. The van der Waals surface area contributed by atoms with Gasteiger partial charge in [-0.1, -0.05) is 0 Å². The van der Waals surface area contributed by atoms with Crippen molar-refractivity contribution in [2.45, 2.75) is 12.8 Å². The predicted molar refractivity (Wildman–Crippen MR) is 84.9 cm³/mol. The van der Waals surface area contributed by atoms with Crippen LogP contribution in [0.5, 0.6) is 11.5 Å². The molecule has 23 heavy (non-hydrogen) atoms. The second-order valence-electron chi connectivity index (χ2n) is 4.92. The van der Waals surface area contributed by atoms with Gasteiger partial charge in [0.05, 0.1) is 14.2 Å². The van der Waals surface area contributed by atoms with E-state index in [1.165, 1.54) is 14.2 Å². The second-order valence-corrected chi connectivity index (χ2v) is 4.92. The molecule has 2 aromatic rings. The lowest BCUT2D eigenvalue weighted by atomic mass is 10.1. The first-order valence-corrected chi connectivity index (χ1v) is 7.08. The van der Waals surface area contributed by atoms with Crippen LogP contribution in [0.2, 0.25) is 0 Å². The molecule has 0 saturated carbocycles. The van der Waals surface area contributed by atoms with Gasteiger partial charge in [-0.3, -0.25) is 14.3 Å². The number of anilines is 1. The van der Waals surface area contributed by atoms with Crippen LogP contribution in [0.25, 0.3) is 0 Å². The second kappa shape index (κ2) is 7.44. The molecular formula is C16H19N3O4. The van der Waals surface area contributed by atoms with Crippen molar-refractivity contribution in [1.29, 1.82) is 0 Å². The van der Waals surface area contributed by atoms with Crippen molar-refractivity contribution in [3.05, 3.63) is 36.0 Å². The van der Waals surface area contributed by atoms with Crippen LogP contribution in [0.15, 0.2) is 30.5 Å². The maximum absolute atomic E-state index is 12.2. The fraction of sp³-hybridized carbons (Fsp3) is 0.312. The highest BCUT2D eigenvalue weighted by molar-refractivity contribution is 6.00. The molecule has 1 amide bonds. The Labute approximate surface area is 134 Å². The van der Waals surface area contributed by atoms with E-state index in [1.807, 2.05) is 0 Å². The summed E-state index contributed by atoms with van der Waals surface area (Å²) in [5.41, 5.74) is 0.480. The van der Waals surface area contributed by atoms with Crippen LogP contribution < -0.4 is 14.8 Å². The van der Waals surface area contributed by atoms with E-state index >= 15 is 0 Å². The molecule has 0 aliphatic rings. The Hall–Kier alpha value is -2.83. The van der Waals surface area contributed by atoms with E-state index in [-0.39, 0.29) is 24.5 Å². The Morgan fingerprint density at radius 1 is 1.13 bits per heavy atom. The molecule has 0 radical (unpaired) electrons. The molecule has 122 valence electrons. The Balaban J connectivity index is 1.92. The summed E-state index contributed by atoms with van der Waals surface area (Å²) in [6.07, 6.45) is 1.92. The van der Waals surface area contributed by atoms with Crippen molar-refractivity contribution in [2.24, 2.45) is 7.05 Å². The Morgan fingerprint density at radius 2 is 1.87 bits per heavy atom. The first-order valence-electron chi connectivity index (χ1n) is 7.08. The van der Waals surface area contributed by atoms with Crippen LogP contribution in [-0.2, 0) is 11.8 Å². The number of ether oxygens (including phenoxy) is 2. The van der Waals surface area contributed by atoms with Crippen LogP contribution in [-0.4, -0.2) is 35.7 Å². The molecule has 0 aliphatic heterocycles. The number of hydrogen-bond acceptors (Lipinski definition) is 5. The average molecular weight is 317 g/mol. The van der Waals surface area contributed by atoms with E-state index in [9.17, 15) is 9.59 Å². The maximum Gasteiger partial charge on any atom is 0.226 e. The molecule has 0 atom stereocenters. The van der Waals surface area contributed by atoms with Gasteiger partial charge < -0.3 is 14.8 Å². The number of rotatable bonds is 7. The lowest BCUT2D eigenvalue weighted by molar-refractivity contribution is -0.116. The quantitative estimate of drug-likeness (QED) is 0.790. The molecule has 0 bridgehead atoms. The molecular weight excluding hydrogens is 298 g/mol. The highest BCUT2D eigenvalue weighted by atomic mass is 16.5. The molecule has 1 heterocycles. The Morgan fingerprint density at radius 3 is 2.48 bits per heavy atom. The number of Topliss-reactive ketones (excluding diaryl/α,β-unsaturated/α-hetero) is 1. The van der Waals surface area contributed by atoms with Gasteiger partial charge in [0, 0.05) is 37.7 Å². The zero-order chi connectivity index (χ0) is 16.8. The number of nitrogens with one attached hydrogen (secondary N) is 1. The van der Waals surface area contributed by atoms with Gasteiger partial charge >= 0.3 is 0 Å². The van der Waals surface area contributed by atoms with Gasteiger partial charge in [0.2, 0.25) is 5.91 Å². The summed E-state index contributed by atoms with van der Waals surface area (Å²) >= 11 is 0. The van der Waals surface area contributed by atoms with Gasteiger partial charge in [-0.25, -0.2) is 0 Å². The van der Waals surface area contributed by atoms with Crippen LogP contribution >= 0.6 is 0 Å². The topological polar surface area (TPSA) is 82.5 Å². The molecule has 0 saturated heterocycles. The van der Waals surface area contributed by atoms with Gasteiger partial charge in [0.15, 0.2) is 23.1 Å². The standard InChI is InChI=1S/C16H19N3O4/c1-19-9-8-15(18-19)17-16(21)7-5-12(20)11-4-6-13(22-2)14(10-11)23-3/h4,6,8-10H,5,7H2,1-3H3,(H,17,18,21). The third-order valence-corrected chi connectivity index (χ3v) is 3.27. The number of amides is 1. The van der Waals surface area contributed by atoms with Crippen LogP contribution in [0, 0.1) is 0 Å². The van der Waals surface area contributed by atoms with E-state index in [1.54, 1.807) is 42.2 Å². The summed E-state index contributed by atoms with van der Waals surface area (Å²) in [6.45, 7) is 0. The third kappa shape index (κ3) is 4.32. The zero-order valence-electron chi connectivity index (χ0n) is 13.3. The van der Waals surface area contributed by atoms with Gasteiger partial charge in [0.1, 0.15) is 0 Å².